The summed E-state index contributed by atoms with van der Waals surface area (Å²) in [5, 5.41) is 8.99. The van der Waals surface area contributed by atoms with Gasteiger partial charge in [0.15, 0.2) is 11.5 Å². The van der Waals surface area contributed by atoms with Gasteiger partial charge >= 0.3 is 35.9 Å². The average Bonchev–Trinajstić information content (AvgIpc) is 2.95. The molecule has 2 aliphatic rings. The van der Waals surface area contributed by atoms with Gasteiger partial charge in [-0.25, -0.2) is 0 Å². The summed E-state index contributed by atoms with van der Waals surface area (Å²) in [6.07, 6.45) is -2.07. The number of benzene rings is 1. The molecule has 0 bridgehead atoms. The first-order valence-electron chi connectivity index (χ1n) is 4.86. The maximum Gasteiger partial charge on any atom is 1.00 e. The smallest absolute Gasteiger partial charge is 0.870 e. The van der Waals surface area contributed by atoms with Crippen LogP contribution in [0.3, 0.4) is 0 Å². The number of halogens is 2. The molecule has 0 unspecified atom stereocenters. The minimum atomic E-state index is -3.59. The minimum Gasteiger partial charge on any atom is -0.870 e. The molecule has 1 aromatic rings. The van der Waals surface area contributed by atoms with Crippen LogP contribution in [0.1, 0.15) is 18.4 Å². The third kappa shape index (κ3) is 2.31. The molecule has 1 fully saturated rings. The van der Waals surface area contributed by atoms with Crippen molar-refractivity contribution in [2.24, 2.45) is 0 Å². The fourth-order valence-corrected chi connectivity index (χ4v) is 1.84. The molecule has 0 radical (unpaired) electrons. The number of alkyl halides is 2. The van der Waals surface area contributed by atoms with Gasteiger partial charge in [0.05, 0.1) is 11.5 Å². The fraction of sp³-hybridized carbons (Fsp3) is 0.364. The Balaban J connectivity index is 0.000000810. The predicted octanol–water partition coefficient (Wildman–Crippen LogP) is -0.610. The zero-order valence-electron chi connectivity index (χ0n) is 9.61. The fourth-order valence-electron chi connectivity index (χ4n) is 1.84. The standard InChI is InChI=1S/C11H7F2NO2.Na.H2O/c12-11(13)15-8-2-1-7(5-9(8)16-11)10(6-14)3-4-10;;/h1-2,5H,3-4H2;;1H2/q;+1;/p-1. The van der Waals surface area contributed by atoms with Crippen molar-refractivity contribution in [3.63, 3.8) is 0 Å². The van der Waals surface area contributed by atoms with E-state index in [-0.39, 0.29) is 46.5 Å². The summed E-state index contributed by atoms with van der Waals surface area (Å²) >= 11 is 0. The van der Waals surface area contributed by atoms with Gasteiger partial charge in [-0.15, -0.1) is 8.78 Å². The zero-order chi connectivity index (χ0) is 11.4. The van der Waals surface area contributed by atoms with E-state index in [2.05, 4.69) is 15.5 Å². The summed E-state index contributed by atoms with van der Waals surface area (Å²) in [4.78, 5) is 0. The third-order valence-electron chi connectivity index (χ3n) is 2.92. The van der Waals surface area contributed by atoms with Crippen LogP contribution in [-0.4, -0.2) is 11.8 Å². The topological polar surface area (TPSA) is 72.2 Å². The van der Waals surface area contributed by atoms with Crippen molar-refractivity contribution in [3.05, 3.63) is 23.8 Å². The van der Waals surface area contributed by atoms with Gasteiger partial charge in [0.1, 0.15) is 0 Å². The molecule has 18 heavy (non-hydrogen) atoms. The first-order chi connectivity index (χ1) is 7.55. The summed E-state index contributed by atoms with van der Waals surface area (Å²) in [5.74, 6) is 0.0199. The van der Waals surface area contributed by atoms with Crippen LogP contribution in [0, 0.1) is 11.3 Å². The number of ether oxygens (including phenoxy) is 2. The van der Waals surface area contributed by atoms with Gasteiger partial charge in [0.25, 0.3) is 0 Å². The molecular formula is C11H8F2NNaO3. The van der Waals surface area contributed by atoms with Gasteiger partial charge in [-0.1, -0.05) is 6.07 Å². The largest absolute Gasteiger partial charge is 1.00 e. The second kappa shape index (κ2) is 4.67. The molecule has 0 spiro atoms. The first kappa shape index (κ1) is 15.2. The quantitative estimate of drug-likeness (QED) is 0.634. The van der Waals surface area contributed by atoms with E-state index < -0.39 is 11.7 Å². The van der Waals surface area contributed by atoms with E-state index in [1.807, 2.05) is 0 Å². The maximum atomic E-state index is 12.8. The van der Waals surface area contributed by atoms with Crippen molar-refractivity contribution in [2.45, 2.75) is 24.6 Å². The number of fused-ring (bicyclic) bond motifs is 1. The second-order valence-electron chi connectivity index (χ2n) is 4.02. The van der Waals surface area contributed by atoms with Gasteiger partial charge in [-0.2, -0.15) is 5.26 Å². The molecule has 0 saturated heterocycles. The number of nitrogens with zero attached hydrogens (tertiary/aromatic N) is 1. The number of hydrogen-bond acceptors (Lipinski definition) is 4. The molecule has 1 aliphatic carbocycles. The normalized spacial score (nSPS) is 20.1. The molecule has 7 heteroatoms. The van der Waals surface area contributed by atoms with Gasteiger partial charge in [-0.3, -0.25) is 0 Å². The molecule has 90 valence electrons. The van der Waals surface area contributed by atoms with E-state index in [1.165, 1.54) is 12.1 Å². The average molecular weight is 263 g/mol. The van der Waals surface area contributed by atoms with Crippen LogP contribution in [-0.2, 0) is 5.41 Å². The molecule has 1 N–H and O–H groups in total. The Labute approximate surface area is 124 Å². The van der Waals surface area contributed by atoms with E-state index in [1.54, 1.807) is 6.07 Å². The Kier molecular flexibility index (Phi) is 3.94. The molecule has 1 saturated carbocycles. The molecule has 1 heterocycles. The van der Waals surface area contributed by atoms with Crippen LogP contribution in [0.15, 0.2) is 18.2 Å². The van der Waals surface area contributed by atoms with Crippen LogP contribution in [0.4, 0.5) is 8.78 Å². The Hall–Kier alpha value is -0.870. The molecule has 1 aliphatic heterocycles. The van der Waals surface area contributed by atoms with Gasteiger partial charge in [-0.05, 0) is 30.5 Å². The molecule has 1 aromatic carbocycles. The van der Waals surface area contributed by atoms with E-state index in [4.69, 9.17) is 5.26 Å². The molecule has 4 nitrogen and oxygen atoms in total. The Morgan fingerprint density at radius 1 is 1.17 bits per heavy atom. The Morgan fingerprint density at radius 3 is 2.33 bits per heavy atom. The Bertz CT molecular complexity index is 512. The summed E-state index contributed by atoms with van der Waals surface area (Å²) in [5.41, 5.74) is 0.214. The molecular weight excluding hydrogens is 255 g/mol. The zero-order valence-corrected chi connectivity index (χ0v) is 11.6. The van der Waals surface area contributed by atoms with E-state index in [0.717, 1.165) is 18.4 Å². The summed E-state index contributed by atoms with van der Waals surface area (Å²) in [6, 6.07) is 6.72. The van der Waals surface area contributed by atoms with Gasteiger partial charge in [0, 0.05) is 0 Å². The van der Waals surface area contributed by atoms with Gasteiger partial charge in [0.2, 0.25) is 0 Å². The predicted molar refractivity (Wildman–Crippen MR) is 51.1 cm³/mol. The molecule has 0 aromatic heterocycles. The number of rotatable bonds is 1. The third-order valence-corrected chi connectivity index (χ3v) is 2.92. The van der Waals surface area contributed by atoms with Crippen LogP contribution in [0.5, 0.6) is 11.5 Å². The Morgan fingerprint density at radius 2 is 1.78 bits per heavy atom. The summed E-state index contributed by atoms with van der Waals surface area (Å²) in [7, 11) is 0. The van der Waals surface area contributed by atoms with Crippen LogP contribution in [0.25, 0.3) is 0 Å². The van der Waals surface area contributed by atoms with Crippen molar-refractivity contribution >= 4 is 0 Å². The van der Waals surface area contributed by atoms with Crippen molar-refractivity contribution < 1.29 is 53.3 Å². The minimum absolute atomic E-state index is 0. The van der Waals surface area contributed by atoms with Crippen LogP contribution >= 0.6 is 0 Å². The second-order valence-corrected chi connectivity index (χ2v) is 4.02. The maximum absolute atomic E-state index is 12.8. The number of nitriles is 1. The summed E-state index contributed by atoms with van der Waals surface area (Å²) < 4.78 is 34.1. The monoisotopic (exact) mass is 263 g/mol. The molecule has 3 rings (SSSR count). The van der Waals surface area contributed by atoms with E-state index in [0.29, 0.717) is 0 Å². The van der Waals surface area contributed by atoms with Crippen LogP contribution < -0.4 is 39.0 Å². The molecule has 0 amide bonds. The van der Waals surface area contributed by atoms with Crippen molar-refractivity contribution in [1.29, 1.82) is 5.26 Å². The van der Waals surface area contributed by atoms with Crippen LogP contribution in [0.2, 0.25) is 0 Å². The van der Waals surface area contributed by atoms with Crippen molar-refractivity contribution in [2.75, 3.05) is 0 Å². The molecule has 0 atom stereocenters. The van der Waals surface area contributed by atoms with E-state index >= 15 is 0 Å². The van der Waals surface area contributed by atoms with E-state index in [9.17, 15) is 8.78 Å². The van der Waals surface area contributed by atoms with Crippen molar-refractivity contribution in [3.8, 4) is 17.6 Å². The first-order valence-corrected chi connectivity index (χ1v) is 4.86. The number of hydrogen-bond donors (Lipinski definition) is 0. The SMILES string of the molecule is N#CC1(c2ccc3c(c2)OC(F)(F)O3)CC1.[Na+].[OH-]. The summed E-state index contributed by atoms with van der Waals surface area (Å²) in [6.45, 7) is 0. The van der Waals surface area contributed by atoms with Gasteiger partial charge < -0.3 is 14.9 Å². The van der Waals surface area contributed by atoms with Crippen molar-refractivity contribution in [1.82, 2.24) is 0 Å².